The van der Waals surface area contributed by atoms with Crippen molar-refractivity contribution in [2.24, 2.45) is 5.73 Å². The Morgan fingerprint density at radius 3 is 0.757 bits per heavy atom. The van der Waals surface area contributed by atoms with Crippen molar-refractivity contribution in [2.45, 2.75) is 126 Å². The maximum absolute atomic E-state index is 13.6. The van der Waals surface area contributed by atoms with Crippen molar-refractivity contribution in [3.05, 3.63) is 179 Å². The first-order valence-electron chi connectivity index (χ1n) is 43.1. The maximum atomic E-state index is 13.6. The summed E-state index contributed by atoms with van der Waals surface area (Å²) in [6.45, 7) is 12.1. The summed E-state index contributed by atoms with van der Waals surface area (Å²) in [5.41, 5.74) is 8.86. The highest BCUT2D eigenvalue weighted by atomic mass is 35.5. The fourth-order valence-electron chi connectivity index (χ4n) is 10.7. The third-order valence-corrected chi connectivity index (χ3v) is 42.1. The van der Waals surface area contributed by atoms with Crippen molar-refractivity contribution in [1.82, 2.24) is 26.6 Å². The number of hydrogen-bond donors (Lipinski definition) is 10. The van der Waals surface area contributed by atoms with E-state index >= 15 is 0 Å². The van der Waals surface area contributed by atoms with Gasteiger partial charge in [0.2, 0.25) is 10.8 Å². The molecule has 0 bridgehead atoms. The first-order chi connectivity index (χ1) is 69.2. The zero-order valence-electron chi connectivity index (χ0n) is 87.9. The number of aliphatic hydroxyl groups excluding tert-OH is 1. The van der Waals surface area contributed by atoms with Gasteiger partial charge in [0.15, 0.2) is 16.6 Å². The fraction of sp³-hybridized carbons (Fsp3) is 0.548. The van der Waals surface area contributed by atoms with Crippen molar-refractivity contribution >= 4 is 158 Å². The van der Waals surface area contributed by atoms with E-state index in [4.69, 9.17) is 105 Å². The number of aliphatic carboxylic acids is 1. The molecule has 5 aromatic rings. The van der Waals surface area contributed by atoms with E-state index in [1.54, 1.807) is 59.8 Å². The lowest BCUT2D eigenvalue weighted by molar-refractivity contribution is -0.136. The van der Waals surface area contributed by atoms with Crippen LogP contribution in [0, 0.1) is 0 Å². The minimum Gasteiger partial charge on any atom is -0.481 e. The molecule has 148 heavy (non-hydrogen) atoms. The Balaban J connectivity index is -0.000000540. The zero-order chi connectivity index (χ0) is 113. The number of benzene rings is 5. The number of carboxylic acid groups (broad SMARTS) is 1. The summed E-state index contributed by atoms with van der Waals surface area (Å²) in [5.74, 6) is -0.955. The van der Waals surface area contributed by atoms with Gasteiger partial charge >= 0.3 is 107 Å². The Bertz CT molecular complexity index is 4630. The molecule has 0 atom stereocenters. The van der Waals surface area contributed by atoms with Crippen LogP contribution in [-0.2, 0) is 198 Å². The highest BCUT2D eigenvalue weighted by molar-refractivity contribution is 7.75. The summed E-state index contributed by atoms with van der Waals surface area (Å²) in [4.78, 5) is 89.7. The van der Waals surface area contributed by atoms with E-state index in [1.807, 2.05) is 147 Å². The SMILES string of the molecule is CO.COP(=O)(OC)C(=O)CCNC(=O)OCc1ccccc1.COP(=O)(OC)C(CCNC(=O)OCc1ccccc1)(O[Si](C)(C)C)P(=O)(OC)OC.COP(=O)(OC)C(O)(CCN)P(=O)(OC)OC.COP(=O)(OC)C(O)(CCNC(=O)OCc1ccccc1)P(=O)(OC)OC.COP(OC)OC.COP(OC)O[Si](C)(C)C.Cl.O=C(Cl)CCNC(=O)OCc1ccccc1.O=C(O)CCNC(=O)OCc1ccccc1. The van der Waals surface area contributed by atoms with Crippen LogP contribution in [0.15, 0.2) is 152 Å². The first kappa shape index (κ1) is 150. The monoisotopic (exact) mass is 2370 g/mol. The number of nitrogens with two attached hydrogens (primary N) is 1. The average Bonchev–Trinajstić information content (AvgIpc) is 0.694. The van der Waals surface area contributed by atoms with Crippen LogP contribution in [0.25, 0.3) is 0 Å². The van der Waals surface area contributed by atoms with Crippen LogP contribution in [0.5, 0.6) is 0 Å². The molecule has 0 fully saturated rings. The predicted octanol–water partition coefficient (Wildman–Crippen LogP) is 18.0. The number of hydrogen-bond acceptors (Lipinski definition) is 45. The lowest BCUT2D eigenvalue weighted by Gasteiger charge is -2.43. The van der Waals surface area contributed by atoms with Gasteiger partial charge in [-0.2, -0.15) is 0 Å². The molecule has 0 saturated heterocycles. The molecule has 0 aliphatic carbocycles. The quantitative estimate of drug-likeness (QED) is 0.00748. The third kappa shape index (κ3) is 56.7. The highest BCUT2D eigenvalue weighted by Crippen LogP contribution is 2.80. The molecule has 5 amide bonds. The summed E-state index contributed by atoms with van der Waals surface area (Å²) < 4.78 is 217. The van der Waals surface area contributed by atoms with Gasteiger partial charge in [-0.3, -0.25) is 46.3 Å². The summed E-state index contributed by atoms with van der Waals surface area (Å²) in [7, 11) is -11.1. The minimum atomic E-state index is -4.33. The number of alkyl carbamates (subject to hydrolysis) is 5. The van der Waals surface area contributed by atoms with E-state index < -0.39 is 156 Å². The maximum Gasteiger partial charge on any atom is 0.407 e. The van der Waals surface area contributed by atoms with Crippen LogP contribution < -0.4 is 32.3 Å². The van der Waals surface area contributed by atoms with Crippen molar-refractivity contribution in [2.75, 3.05) is 181 Å². The number of nitrogens with one attached hydrogen (secondary N) is 5. The van der Waals surface area contributed by atoms with Gasteiger partial charge in [0.1, 0.15) is 33.0 Å². The Morgan fingerprint density at radius 2 is 0.561 bits per heavy atom. The predicted molar refractivity (Wildman–Crippen MR) is 561 cm³/mol. The molecular formula is C84H149Cl2N6O45P9Si2. The second-order valence-corrected chi connectivity index (χ2v) is 60.0. The minimum absolute atomic E-state index is 0. The molecule has 64 heteroatoms. The molecule has 11 N–H and O–H groups in total. The molecule has 5 aromatic carbocycles. The van der Waals surface area contributed by atoms with Crippen LogP contribution in [0.4, 0.5) is 24.0 Å². The molecule has 852 valence electrons. The number of rotatable bonds is 57. The molecular weight excluding hydrogens is 2220 g/mol. The summed E-state index contributed by atoms with van der Waals surface area (Å²) in [6.07, 6.45) is -4.56. The number of ether oxygens (including phenoxy) is 5. The van der Waals surface area contributed by atoms with Gasteiger partial charge in [0.25, 0.3) is 15.2 Å². The lowest BCUT2D eigenvalue weighted by atomic mass is 10.2. The summed E-state index contributed by atoms with van der Waals surface area (Å²) >= 11 is 5.10. The van der Waals surface area contributed by atoms with E-state index in [0.29, 0.717) is 0 Å². The molecule has 0 aromatic heterocycles. The normalized spacial score (nSPS) is 11.7. The Morgan fingerprint density at radius 1 is 0.331 bits per heavy atom. The standard InChI is InChI=1S/C18H33NO9P2Si.C15H25NO9P2.C13H18NO6P.C11H12ClNO3.C11H13NO4.C7H19NO7P2.C5H15O3PSi.C3H9O3P.CH4O.ClH/c1-23-29(21,24-2)18(28-31(5,6)7,30(22,25-3)26-4)13-14-19-17(20)27-15-16-11-9-8-10-12-16;1-21-26(19,22-2)15(18,27(20,23-3)24-4)10-11-16-14(17)25-12-13-8-6-5-7-9-13;1-18-21(17,19-2)12(15)8-9-14-13(16)20-10-11-6-4-3-5-7-11;12-10(14)6-7-13-11(15)16-8-9-4-2-1-3-5-9;13-10(14)6-7-12-11(15)16-8-9-4-2-1-3-5-9;1-12-16(10,13-2)7(9,5-6-8)17(11,14-3)15-4;1-6-9(7-2)8-10(3,4)5;1-4-7(5-2)6-3;1-2;/h8-12H,13-15H2,1-7H3,(H,19,20);5-9,18H,10-12H2,1-4H3,(H,16,17);3-7H,8-10H2,1-2H3,(H,14,16);1-5H,6-8H2,(H,13,15);1-5H,6-8H2,(H,12,15)(H,13,14);9H,5-6,8H2,1-4H3;1-5H3;1-3H3;2H,1H3;1H. The second kappa shape index (κ2) is 81.4. The van der Waals surface area contributed by atoms with Gasteiger partial charge in [0.05, 0.1) is 6.42 Å². The van der Waals surface area contributed by atoms with Crippen LogP contribution in [-0.4, -0.2) is 281 Å². The third-order valence-electron chi connectivity index (χ3n) is 17.6. The largest absolute Gasteiger partial charge is 0.481 e. The molecule has 5 rings (SSSR count). The number of carbonyl (C=O) groups excluding carboxylic acids is 7. The summed E-state index contributed by atoms with van der Waals surface area (Å²) in [5, 5.41) is 40.9. The van der Waals surface area contributed by atoms with Gasteiger partial charge in [-0.05, 0) is 85.2 Å². The molecule has 0 aliphatic heterocycles. The van der Waals surface area contributed by atoms with Crippen molar-refractivity contribution in [3.8, 4) is 0 Å². The number of carboxylic acids is 1. The van der Waals surface area contributed by atoms with E-state index in [2.05, 4.69) is 86.9 Å². The number of halogens is 2. The van der Waals surface area contributed by atoms with E-state index in [1.165, 1.54) is 0 Å². The number of aliphatic hydroxyl groups is 3. The lowest BCUT2D eigenvalue weighted by Crippen LogP contribution is -2.46. The van der Waals surface area contributed by atoms with E-state index in [0.717, 1.165) is 134 Å². The molecule has 0 heterocycles. The van der Waals surface area contributed by atoms with Gasteiger partial charge < -0.3 is 171 Å². The smallest absolute Gasteiger partial charge is 0.407 e. The van der Waals surface area contributed by atoms with Gasteiger partial charge in [-0.15, -0.1) is 12.4 Å². The number of carbonyl (C=O) groups is 8. The van der Waals surface area contributed by atoms with Crippen LogP contribution >= 0.6 is 94.4 Å². The van der Waals surface area contributed by atoms with Gasteiger partial charge in [0, 0.05) is 207 Å². The summed E-state index contributed by atoms with van der Waals surface area (Å²) in [6, 6.07) is 45.9. The topological polar surface area (TPSA) is 663 Å². The molecule has 0 aliphatic rings. The number of amides is 5. The highest BCUT2D eigenvalue weighted by Gasteiger charge is 2.68. The van der Waals surface area contributed by atoms with E-state index in [-0.39, 0.29) is 117 Å². The van der Waals surface area contributed by atoms with Crippen LogP contribution in [0.2, 0.25) is 39.3 Å². The second-order valence-electron chi connectivity index (χ2n) is 29.5. The average molecular weight is 2370 g/mol. The molecule has 0 unspecified atom stereocenters. The molecule has 0 saturated carbocycles. The molecule has 51 nitrogen and oxygen atoms in total. The van der Waals surface area contributed by atoms with Crippen molar-refractivity contribution in [3.63, 3.8) is 0 Å². The zero-order valence-corrected chi connectivity index (χ0v) is 99.5. The van der Waals surface area contributed by atoms with Crippen molar-refractivity contribution < 1.29 is 209 Å². The van der Waals surface area contributed by atoms with Crippen LogP contribution in [0.1, 0.15) is 66.3 Å². The fourth-order valence-corrected chi connectivity index (χ4v) is 31.6. The van der Waals surface area contributed by atoms with E-state index in [9.17, 15) is 80.5 Å². The Hall–Kier alpha value is -6.26. The van der Waals surface area contributed by atoms with Crippen molar-refractivity contribution in [1.29, 1.82) is 0 Å². The first-order valence-corrected chi connectivity index (χ1v) is 63.3. The Kier molecular flexibility index (Phi) is 82.6. The molecule has 0 spiro atoms. The van der Waals surface area contributed by atoms with Gasteiger partial charge in [-0.1, -0.05) is 152 Å². The van der Waals surface area contributed by atoms with Gasteiger partial charge in [-0.25, -0.2) is 24.0 Å². The molecule has 0 radical (unpaired) electrons. The van der Waals surface area contributed by atoms with Crippen LogP contribution in [0.3, 0.4) is 0 Å². The Labute approximate surface area is 881 Å².